The zero-order valence-electron chi connectivity index (χ0n) is 10.9. The van der Waals surface area contributed by atoms with Gasteiger partial charge in [0.15, 0.2) is 0 Å². The van der Waals surface area contributed by atoms with Crippen molar-refractivity contribution in [2.24, 2.45) is 23.2 Å². The molecule has 3 unspecified atom stereocenters. The molecule has 88 valence electrons. The van der Waals surface area contributed by atoms with Gasteiger partial charge in [0.2, 0.25) is 0 Å². The third-order valence-corrected chi connectivity index (χ3v) is 5.39. The van der Waals surface area contributed by atoms with E-state index in [0.717, 1.165) is 17.8 Å². The number of allylic oxidation sites excluding steroid dienone is 4. The molecule has 3 aliphatic carbocycles. The van der Waals surface area contributed by atoms with Gasteiger partial charge in [0.1, 0.15) is 0 Å². The molecule has 0 aromatic carbocycles. The van der Waals surface area contributed by atoms with Crippen LogP contribution in [0.5, 0.6) is 0 Å². The summed E-state index contributed by atoms with van der Waals surface area (Å²) in [6.45, 7) is 7.42. The molecule has 16 heavy (non-hydrogen) atoms. The first-order valence-corrected chi connectivity index (χ1v) is 7.00. The van der Waals surface area contributed by atoms with Crippen LogP contribution in [0.25, 0.3) is 0 Å². The Hall–Kier alpha value is -0.520. The molecule has 0 N–H and O–H groups in total. The molecule has 0 heteroatoms. The number of hydrogen-bond donors (Lipinski definition) is 0. The minimum absolute atomic E-state index is 0.450. The largest absolute Gasteiger partial charge is 0.0839 e. The molecule has 1 fully saturated rings. The van der Waals surface area contributed by atoms with Crippen LogP contribution in [0.3, 0.4) is 0 Å². The highest BCUT2D eigenvalue weighted by Crippen LogP contribution is 2.59. The van der Waals surface area contributed by atoms with Crippen molar-refractivity contribution in [1.29, 1.82) is 0 Å². The summed E-state index contributed by atoms with van der Waals surface area (Å²) in [6.07, 6.45) is 11.8. The second-order valence-corrected chi connectivity index (χ2v) is 6.73. The fourth-order valence-corrected chi connectivity index (χ4v) is 4.49. The third kappa shape index (κ3) is 1.35. The molecule has 0 amide bonds. The van der Waals surface area contributed by atoms with Gasteiger partial charge in [-0.05, 0) is 54.4 Å². The Labute approximate surface area is 99.8 Å². The first kappa shape index (κ1) is 10.6. The Morgan fingerprint density at radius 2 is 2.06 bits per heavy atom. The van der Waals surface area contributed by atoms with Gasteiger partial charge in [-0.3, -0.25) is 0 Å². The van der Waals surface area contributed by atoms with E-state index < -0.39 is 0 Å². The normalized spacial score (nSPS) is 40.8. The maximum absolute atomic E-state index is 2.49. The summed E-state index contributed by atoms with van der Waals surface area (Å²) in [6, 6.07) is 0. The van der Waals surface area contributed by atoms with Gasteiger partial charge in [0.05, 0.1) is 0 Å². The van der Waals surface area contributed by atoms with E-state index >= 15 is 0 Å². The fraction of sp³-hybridized carbons (Fsp3) is 0.750. The molecular weight excluding hydrogens is 192 g/mol. The van der Waals surface area contributed by atoms with Crippen LogP contribution >= 0.6 is 0 Å². The van der Waals surface area contributed by atoms with E-state index in [1.54, 1.807) is 5.57 Å². The molecule has 0 aliphatic heterocycles. The smallest absolute Gasteiger partial charge is 0.00700 e. The minimum Gasteiger partial charge on any atom is -0.0839 e. The van der Waals surface area contributed by atoms with Crippen LogP contribution < -0.4 is 0 Å². The molecule has 0 radical (unpaired) electrons. The van der Waals surface area contributed by atoms with Crippen LogP contribution in [-0.4, -0.2) is 0 Å². The lowest BCUT2D eigenvalue weighted by molar-refractivity contribution is 0.140. The van der Waals surface area contributed by atoms with E-state index in [2.05, 4.69) is 32.9 Å². The SMILES string of the molecule is CC1CCC2C3=C(C=CCC3)C(C)(C)C2C1. The van der Waals surface area contributed by atoms with Crippen molar-refractivity contribution in [1.82, 2.24) is 0 Å². The molecular formula is C16H24. The summed E-state index contributed by atoms with van der Waals surface area (Å²) in [4.78, 5) is 0. The van der Waals surface area contributed by atoms with Crippen LogP contribution in [-0.2, 0) is 0 Å². The Kier molecular flexibility index (Phi) is 2.31. The van der Waals surface area contributed by atoms with Crippen molar-refractivity contribution in [3.63, 3.8) is 0 Å². The summed E-state index contributed by atoms with van der Waals surface area (Å²) in [5.41, 5.74) is 4.00. The van der Waals surface area contributed by atoms with Gasteiger partial charge in [-0.15, -0.1) is 0 Å². The van der Waals surface area contributed by atoms with Crippen LogP contribution in [0, 0.1) is 23.2 Å². The standard InChI is InChI=1S/C16H24/c1-11-8-9-13-12-6-4-5-7-14(12)16(2,3)15(13)10-11/h5,7,11,13,15H,4,6,8-10H2,1-3H3. The molecule has 3 aliphatic rings. The monoisotopic (exact) mass is 216 g/mol. The molecule has 3 rings (SSSR count). The molecule has 0 bridgehead atoms. The van der Waals surface area contributed by atoms with Gasteiger partial charge in [0.25, 0.3) is 0 Å². The van der Waals surface area contributed by atoms with Crippen molar-refractivity contribution in [2.75, 3.05) is 0 Å². The average molecular weight is 216 g/mol. The summed E-state index contributed by atoms with van der Waals surface area (Å²) in [5.74, 6) is 2.82. The van der Waals surface area contributed by atoms with Crippen molar-refractivity contribution in [3.8, 4) is 0 Å². The molecule has 1 saturated carbocycles. The third-order valence-electron chi connectivity index (χ3n) is 5.39. The van der Waals surface area contributed by atoms with Crippen molar-refractivity contribution >= 4 is 0 Å². The maximum atomic E-state index is 2.49. The second kappa shape index (κ2) is 3.48. The van der Waals surface area contributed by atoms with Crippen molar-refractivity contribution in [3.05, 3.63) is 23.3 Å². The predicted molar refractivity (Wildman–Crippen MR) is 69.2 cm³/mol. The lowest BCUT2D eigenvalue weighted by Gasteiger charge is -2.39. The first-order chi connectivity index (χ1) is 7.60. The molecule has 0 spiro atoms. The quantitative estimate of drug-likeness (QED) is 0.549. The molecule has 0 aromatic rings. The summed E-state index contributed by atoms with van der Waals surface area (Å²) >= 11 is 0. The molecule has 0 nitrogen and oxygen atoms in total. The van der Waals surface area contributed by atoms with Gasteiger partial charge in [-0.25, -0.2) is 0 Å². The molecule has 0 aromatic heterocycles. The zero-order valence-corrected chi connectivity index (χ0v) is 10.9. The van der Waals surface area contributed by atoms with Crippen LogP contribution in [0.4, 0.5) is 0 Å². The van der Waals surface area contributed by atoms with Crippen molar-refractivity contribution in [2.45, 2.75) is 52.9 Å². The second-order valence-electron chi connectivity index (χ2n) is 6.73. The first-order valence-electron chi connectivity index (χ1n) is 7.00. The fourth-order valence-electron chi connectivity index (χ4n) is 4.49. The Bertz CT molecular complexity index is 356. The van der Waals surface area contributed by atoms with Gasteiger partial charge in [-0.2, -0.15) is 0 Å². The highest BCUT2D eigenvalue weighted by atomic mass is 14.5. The molecule has 0 saturated heterocycles. The molecule has 0 heterocycles. The predicted octanol–water partition coefficient (Wildman–Crippen LogP) is 4.73. The van der Waals surface area contributed by atoms with E-state index in [0.29, 0.717) is 5.41 Å². The number of fused-ring (bicyclic) bond motifs is 2. The Balaban J connectivity index is 2.00. The number of rotatable bonds is 0. The van der Waals surface area contributed by atoms with Gasteiger partial charge < -0.3 is 0 Å². The van der Waals surface area contributed by atoms with E-state index in [9.17, 15) is 0 Å². The van der Waals surface area contributed by atoms with E-state index in [4.69, 9.17) is 0 Å². The topological polar surface area (TPSA) is 0 Å². The van der Waals surface area contributed by atoms with E-state index in [1.165, 1.54) is 32.1 Å². The Morgan fingerprint density at radius 3 is 2.88 bits per heavy atom. The van der Waals surface area contributed by atoms with Gasteiger partial charge in [-0.1, -0.05) is 44.9 Å². The molecule has 3 atom stereocenters. The highest BCUT2D eigenvalue weighted by Gasteiger charge is 2.48. The van der Waals surface area contributed by atoms with Crippen LogP contribution in [0.2, 0.25) is 0 Å². The minimum atomic E-state index is 0.450. The zero-order chi connectivity index (χ0) is 11.3. The average Bonchev–Trinajstić information content (AvgIpc) is 2.49. The summed E-state index contributed by atoms with van der Waals surface area (Å²) in [5, 5.41) is 0. The summed E-state index contributed by atoms with van der Waals surface area (Å²) in [7, 11) is 0. The van der Waals surface area contributed by atoms with Gasteiger partial charge >= 0.3 is 0 Å². The van der Waals surface area contributed by atoms with Crippen LogP contribution in [0.1, 0.15) is 52.9 Å². The highest BCUT2D eigenvalue weighted by molar-refractivity contribution is 5.42. The Morgan fingerprint density at radius 1 is 1.25 bits per heavy atom. The van der Waals surface area contributed by atoms with Crippen LogP contribution in [0.15, 0.2) is 23.3 Å². The number of hydrogen-bond acceptors (Lipinski definition) is 0. The van der Waals surface area contributed by atoms with E-state index in [1.807, 2.05) is 5.57 Å². The summed E-state index contributed by atoms with van der Waals surface area (Å²) < 4.78 is 0. The lowest BCUT2D eigenvalue weighted by Crippen LogP contribution is -2.30. The lowest BCUT2D eigenvalue weighted by atomic mass is 9.66. The van der Waals surface area contributed by atoms with Crippen molar-refractivity contribution < 1.29 is 0 Å². The van der Waals surface area contributed by atoms with E-state index in [-0.39, 0.29) is 0 Å². The maximum Gasteiger partial charge on any atom is -0.00700 e. The van der Waals surface area contributed by atoms with Gasteiger partial charge in [0, 0.05) is 0 Å².